The Morgan fingerprint density at radius 1 is 1.07 bits per heavy atom. The average molecular weight is 371 g/mol. The van der Waals surface area contributed by atoms with Crippen LogP contribution in [0, 0.1) is 11.7 Å². The molecule has 0 N–H and O–H groups in total. The first-order valence-electron chi connectivity index (χ1n) is 9.44. The van der Waals surface area contributed by atoms with Crippen molar-refractivity contribution in [1.29, 1.82) is 0 Å². The summed E-state index contributed by atoms with van der Waals surface area (Å²) in [5.74, 6) is 1.27. The third-order valence-corrected chi connectivity index (χ3v) is 4.92. The lowest BCUT2D eigenvalue weighted by Gasteiger charge is -2.34. The van der Waals surface area contributed by atoms with Crippen LogP contribution < -0.4 is 9.47 Å². The van der Waals surface area contributed by atoms with Crippen LogP contribution in [0.1, 0.15) is 36.7 Å². The monoisotopic (exact) mass is 371 g/mol. The molecule has 1 heterocycles. The minimum absolute atomic E-state index is 0.0150. The zero-order chi connectivity index (χ0) is 19.4. The summed E-state index contributed by atoms with van der Waals surface area (Å²) in [6.45, 7) is 7.80. The molecule has 0 spiro atoms. The van der Waals surface area contributed by atoms with Gasteiger partial charge in [0.1, 0.15) is 19.0 Å². The molecule has 1 atom stereocenters. The summed E-state index contributed by atoms with van der Waals surface area (Å²) >= 11 is 0. The van der Waals surface area contributed by atoms with Crippen LogP contribution in [-0.4, -0.2) is 36.6 Å². The zero-order valence-electron chi connectivity index (χ0n) is 16.1. The van der Waals surface area contributed by atoms with Crippen LogP contribution in [0.2, 0.25) is 0 Å². The Labute approximate surface area is 159 Å². The van der Waals surface area contributed by atoms with Crippen molar-refractivity contribution in [3.63, 3.8) is 0 Å². The highest BCUT2D eigenvalue weighted by Crippen LogP contribution is 2.31. The maximum absolute atomic E-state index is 13.2. The van der Waals surface area contributed by atoms with E-state index in [-0.39, 0.29) is 23.7 Å². The first-order valence-corrected chi connectivity index (χ1v) is 9.44. The van der Waals surface area contributed by atoms with Crippen molar-refractivity contribution in [3.8, 4) is 11.5 Å². The van der Waals surface area contributed by atoms with Crippen molar-refractivity contribution >= 4 is 5.91 Å². The summed E-state index contributed by atoms with van der Waals surface area (Å²) in [4.78, 5) is 15.1. The topological polar surface area (TPSA) is 38.8 Å². The molecule has 2 aromatic rings. The fourth-order valence-electron chi connectivity index (χ4n) is 3.44. The molecule has 0 unspecified atom stereocenters. The second kappa shape index (κ2) is 8.42. The van der Waals surface area contributed by atoms with Gasteiger partial charge in [-0.1, -0.05) is 26.0 Å². The summed E-state index contributed by atoms with van der Waals surface area (Å²) < 4.78 is 24.4. The lowest BCUT2D eigenvalue weighted by atomic mass is 9.94. The van der Waals surface area contributed by atoms with Gasteiger partial charge in [-0.2, -0.15) is 0 Å². The molecule has 0 saturated heterocycles. The number of rotatable bonds is 6. The number of ether oxygens (including phenoxy) is 2. The molecule has 0 aliphatic carbocycles. The molecule has 3 rings (SSSR count). The van der Waals surface area contributed by atoms with Crippen LogP contribution in [-0.2, 0) is 6.42 Å². The van der Waals surface area contributed by atoms with Crippen LogP contribution in [0.4, 0.5) is 4.39 Å². The predicted octanol–water partition coefficient (Wildman–Crippen LogP) is 4.33. The van der Waals surface area contributed by atoms with E-state index in [9.17, 15) is 9.18 Å². The molecule has 0 bridgehead atoms. The molecule has 1 amide bonds. The molecule has 2 aromatic carbocycles. The molecular weight excluding hydrogens is 345 g/mol. The molecule has 0 aromatic heterocycles. The quantitative estimate of drug-likeness (QED) is 0.759. The smallest absolute Gasteiger partial charge is 0.254 e. The molecule has 1 aliphatic heterocycles. The van der Waals surface area contributed by atoms with Gasteiger partial charge >= 0.3 is 0 Å². The van der Waals surface area contributed by atoms with Crippen molar-refractivity contribution < 1.29 is 18.7 Å². The number of fused-ring (bicyclic) bond motifs is 1. The highest BCUT2D eigenvalue weighted by atomic mass is 19.1. The van der Waals surface area contributed by atoms with Crippen molar-refractivity contribution in [3.05, 3.63) is 59.4 Å². The number of halogens is 1. The first kappa shape index (κ1) is 19.2. The van der Waals surface area contributed by atoms with E-state index >= 15 is 0 Å². The lowest BCUT2D eigenvalue weighted by Crippen LogP contribution is -2.44. The van der Waals surface area contributed by atoms with Crippen LogP contribution in [0.15, 0.2) is 42.5 Å². The Bertz CT molecular complexity index is 789. The zero-order valence-corrected chi connectivity index (χ0v) is 16.1. The number of benzene rings is 2. The first-order chi connectivity index (χ1) is 13.0. The Hall–Kier alpha value is -2.56. The molecule has 5 heteroatoms. The summed E-state index contributed by atoms with van der Waals surface area (Å²) in [5.41, 5.74) is 1.61. The number of carbonyl (C=O) groups is 1. The minimum Gasteiger partial charge on any atom is -0.486 e. The van der Waals surface area contributed by atoms with E-state index in [0.717, 1.165) is 5.56 Å². The van der Waals surface area contributed by atoms with Crippen molar-refractivity contribution in [2.75, 3.05) is 19.8 Å². The van der Waals surface area contributed by atoms with E-state index in [1.165, 1.54) is 12.1 Å². The molecule has 0 fully saturated rings. The standard InChI is InChI=1S/C22H26FNO3/c1-4-24(19(15(2)3)13-16-5-8-18(23)9-6-16)22(25)17-7-10-20-21(14-17)27-12-11-26-20/h5-10,14-15,19H,4,11-13H2,1-3H3/t19-/m0/s1. The van der Waals surface area contributed by atoms with Gasteiger partial charge in [0, 0.05) is 18.2 Å². The number of amides is 1. The van der Waals surface area contributed by atoms with Gasteiger partial charge in [0.05, 0.1) is 0 Å². The van der Waals surface area contributed by atoms with Gasteiger partial charge in [0.25, 0.3) is 5.91 Å². The minimum atomic E-state index is -0.250. The maximum atomic E-state index is 13.2. The Morgan fingerprint density at radius 2 is 1.74 bits per heavy atom. The molecule has 1 aliphatic rings. The molecule has 144 valence electrons. The van der Waals surface area contributed by atoms with Crippen LogP contribution >= 0.6 is 0 Å². The summed E-state index contributed by atoms with van der Waals surface area (Å²) in [7, 11) is 0. The van der Waals surface area contributed by atoms with Gasteiger partial charge in [-0.3, -0.25) is 4.79 Å². The Balaban J connectivity index is 1.83. The molecule has 27 heavy (non-hydrogen) atoms. The fraction of sp³-hybridized carbons (Fsp3) is 0.409. The summed E-state index contributed by atoms with van der Waals surface area (Å²) in [6, 6.07) is 11.8. The second-order valence-electron chi connectivity index (χ2n) is 7.09. The van der Waals surface area contributed by atoms with Crippen molar-refractivity contribution in [2.45, 2.75) is 33.2 Å². The number of carbonyl (C=O) groups excluding carboxylic acids is 1. The SMILES string of the molecule is CCN(C(=O)c1ccc2c(c1)OCCO2)[C@@H](Cc1ccc(F)cc1)C(C)C. The molecule has 0 saturated carbocycles. The van der Waals surface area contributed by atoms with Gasteiger partial charge in [0.2, 0.25) is 0 Å². The number of hydrogen-bond donors (Lipinski definition) is 0. The van der Waals surface area contributed by atoms with Gasteiger partial charge in [-0.15, -0.1) is 0 Å². The van der Waals surface area contributed by atoms with Crippen molar-refractivity contribution in [1.82, 2.24) is 4.90 Å². The maximum Gasteiger partial charge on any atom is 0.254 e. The Morgan fingerprint density at radius 3 is 2.37 bits per heavy atom. The fourth-order valence-corrected chi connectivity index (χ4v) is 3.44. The van der Waals surface area contributed by atoms with E-state index in [4.69, 9.17) is 9.47 Å². The predicted molar refractivity (Wildman–Crippen MR) is 103 cm³/mol. The van der Waals surface area contributed by atoms with Gasteiger partial charge < -0.3 is 14.4 Å². The highest BCUT2D eigenvalue weighted by Gasteiger charge is 2.27. The van der Waals surface area contributed by atoms with E-state index in [1.54, 1.807) is 30.3 Å². The van der Waals surface area contributed by atoms with E-state index in [2.05, 4.69) is 13.8 Å². The van der Waals surface area contributed by atoms with Gasteiger partial charge in [-0.05, 0) is 55.2 Å². The van der Waals surface area contributed by atoms with Crippen molar-refractivity contribution in [2.24, 2.45) is 5.92 Å². The third kappa shape index (κ3) is 4.41. The lowest BCUT2D eigenvalue weighted by molar-refractivity contribution is 0.0637. The number of nitrogens with zero attached hydrogens (tertiary/aromatic N) is 1. The van der Waals surface area contributed by atoms with E-state index in [1.807, 2.05) is 11.8 Å². The van der Waals surface area contributed by atoms with Crippen LogP contribution in [0.3, 0.4) is 0 Å². The van der Waals surface area contributed by atoms with Gasteiger partial charge in [-0.25, -0.2) is 4.39 Å². The summed E-state index contributed by atoms with van der Waals surface area (Å²) in [6.07, 6.45) is 0.683. The van der Waals surface area contributed by atoms with Gasteiger partial charge in [0.15, 0.2) is 11.5 Å². The highest BCUT2D eigenvalue weighted by molar-refractivity contribution is 5.95. The average Bonchev–Trinajstić information content (AvgIpc) is 2.68. The molecule has 4 nitrogen and oxygen atoms in total. The molecule has 0 radical (unpaired) electrons. The largest absolute Gasteiger partial charge is 0.486 e. The second-order valence-corrected chi connectivity index (χ2v) is 7.09. The molecular formula is C22H26FNO3. The number of likely N-dealkylation sites (N-methyl/N-ethyl adjacent to an activating group) is 1. The Kier molecular flexibility index (Phi) is 5.99. The normalized spacial score (nSPS) is 14.1. The third-order valence-electron chi connectivity index (χ3n) is 4.92. The summed E-state index contributed by atoms with van der Waals surface area (Å²) in [5, 5.41) is 0. The van der Waals surface area contributed by atoms with Crippen LogP contribution in [0.5, 0.6) is 11.5 Å². The van der Waals surface area contributed by atoms with E-state index < -0.39 is 0 Å². The van der Waals surface area contributed by atoms with E-state index in [0.29, 0.717) is 43.2 Å². The number of hydrogen-bond acceptors (Lipinski definition) is 3. The van der Waals surface area contributed by atoms with Crippen LogP contribution in [0.25, 0.3) is 0 Å².